The van der Waals surface area contributed by atoms with Crippen molar-refractivity contribution in [1.82, 2.24) is 29.8 Å². The lowest BCUT2D eigenvalue weighted by Crippen LogP contribution is -2.71. The van der Waals surface area contributed by atoms with E-state index in [0.29, 0.717) is 27.2 Å². The number of nitrogens with two attached hydrogens (primary N) is 1. The fourth-order valence-corrected chi connectivity index (χ4v) is 7.00. The molecular weight excluding hydrogens is 573 g/mol. The summed E-state index contributed by atoms with van der Waals surface area (Å²) in [5.74, 6) is -1.47. The number of fused-ring (bicyclic) bond motifs is 1. The van der Waals surface area contributed by atoms with Crippen LogP contribution in [0.2, 0.25) is 0 Å². The lowest BCUT2D eigenvalue weighted by atomic mass is 10.0. The van der Waals surface area contributed by atoms with Gasteiger partial charge in [0.1, 0.15) is 22.6 Å². The molecule has 2 aliphatic heterocycles. The number of oxime groups is 1. The molecule has 2 aromatic heterocycles. The van der Waals surface area contributed by atoms with Crippen molar-refractivity contribution in [1.29, 1.82) is 0 Å². The van der Waals surface area contributed by atoms with Gasteiger partial charge in [-0.15, -0.1) is 22.0 Å². The van der Waals surface area contributed by atoms with E-state index in [1.807, 2.05) is 19.1 Å². The second-order valence-corrected chi connectivity index (χ2v) is 11.9. The summed E-state index contributed by atoms with van der Waals surface area (Å²) in [6.45, 7) is 1.92. The Labute approximate surface area is 231 Å². The zero-order valence-electron chi connectivity index (χ0n) is 19.4. The molecule has 0 spiro atoms. The van der Waals surface area contributed by atoms with Crippen LogP contribution in [0, 0.1) is 6.92 Å². The van der Waals surface area contributed by atoms with Gasteiger partial charge in [0, 0.05) is 23.0 Å². The second-order valence-electron chi connectivity index (χ2n) is 7.91. The number of thioether (sulfide) groups is 2. The average Bonchev–Trinajstić information content (AvgIpc) is 3.58. The van der Waals surface area contributed by atoms with Crippen LogP contribution < -0.4 is 15.9 Å². The molecule has 0 saturated carbocycles. The Balaban J connectivity index is 1.32. The molecule has 13 nitrogen and oxygen atoms in total. The number of nitrogen functional groups attached to an aromatic ring is 1. The summed E-state index contributed by atoms with van der Waals surface area (Å²) in [6, 6.07) is 6.03. The third kappa shape index (κ3) is 5.35. The molecule has 0 radical (unpaired) electrons. The maximum atomic E-state index is 13.2. The van der Waals surface area contributed by atoms with Gasteiger partial charge in [0.25, 0.3) is 11.8 Å². The highest BCUT2D eigenvalue weighted by Gasteiger charge is 2.54. The Kier molecular flexibility index (Phi) is 7.59. The lowest BCUT2D eigenvalue weighted by molar-refractivity contribution is -0.150. The molecule has 4 heterocycles. The third-order valence-corrected chi connectivity index (χ3v) is 9.21. The number of carboxylic acids is 1. The van der Waals surface area contributed by atoms with Gasteiger partial charge in [-0.05, 0) is 24.6 Å². The normalized spacial score (nSPS) is 19.1. The Morgan fingerprint density at radius 3 is 2.79 bits per heavy atom. The Morgan fingerprint density at radius 1 is 1.34 bits per heavy atom. The van der Waals surface area contributed by atoms with Crippen molar-refractivity contribution in [2.45, 2.75) is 22.7 Å². The Morgan fingerprint density at radius 2 is 2.13 bits per heavy atom. The van der Waals surface area contributed by atoms with Gasteiger partial charge in [0.15, 0.2) is 15.2 Å². The van der Waals surface area contributed by atoms with Crippen molar-refractivity contribution in [3.05, 3.63) is 52.4 Å². The fraction of sp³-hybridized carbons (Fsp3) is 0.238. The highest BCUT2D eigenvalue weighted by atomic mass is 32.2. The maximum absolute atomic E-state index is 13.2. The number of β-lactam (4-membered cyclic amide) rings is 1. The van der Waals surface area contributed by atoms with Gasteiger partial charge < -0.3 is 21.0 Å². The summed E-state index contributed by atoms with van der Waals surface area (Å²) < 4.78 is 4.74. The molecule has 3 aromatic rings. The van der Waals surface area contributed by atoms with E-state index in [-0.39, 0.29) is 22.4 Å². The molecule has 0 bridgehead atoms. The number of hydrogen-bond donors (Lipinski definition) is 3. The largest absolute Gasteiger partial charge is 0.477 e. The minimum atomic E-state index is -1.21. The van der Waals surface area contributed by atoms with Crippen molar-refractivity contribution < 1.29 is 24.3 Å². The molecule has 2 aliphatic rings. The van der Waals surface area contributed by atoms with Crippen molar-refractivity contribution >= 4 is 75.0 Å². The van der Waals surface area contributed by atoms with Gasteiger partial charge >= 0.3 is 5.97 Å². The molecule has 1 fully saturated rings. The number of aliphatic carboxylic acids is 1. The van der Waals surface area contributed by atoms with Crippen molar-refractivity contribution in [3.63, 3.8) is 0 Å². The number of nitrogens with zero attached hydrogens (tertiary/aromatic N) is 6. The number of benzene rings is 1. The molecule has 2 atom stereocenters. The van der Waals surface area contributed by atoms with Crippen LogP contribution in [-0.4, -0.2) is 76.0 Å². The van der Waals surface area contributed by atoms with E-state index in [0.717, 1.165) is 17.1 Å². The van der Waals surface area contributed by atoms with Gasteiger partial charge in [-0.1, -0.05) is 46.0 Å². The number of nitrogens with one attached hydrogen (secondary N) is 1. The number of carbonyl (C=O) groups excluding carboxylic acids is 2. The zero-order valence-corrected chi connectivity index (χ0v) is 22.7. The van der Waals surface area contributed by atoms with Crippen LogP contribution in [0.25, 0.3) is 0 Å². The Hall–Kier alpha value is -3.54. The number of anilines is 1. The van der Waals surface area contributed by atoms with Crippen LogP contribution in [0.1, 0.15) is 11.4 Å². The summed E-state index contributed by atoms with van der Waals surface area (Å²) in [6.07, 6.45) is 0. The van der Waals surface area contributed by atoms with E-state index in [4.69, 9.17) is 10.6 Å². The predicted molar refractivity (Wildman–Crippen MR) is 143 cm³/mol. The highest BCUT2D eigenvalue weighted by Crippen LogP contribution is 2.41. The average molecular weight is 591 g/mol. The van der Waals surface area contributed by atoms with E-state index in [2.05, 4.69) is 30.0 Å². The number of aryl methyl sites for hydroxylation is 1. The number of aromatic nitrogens is 4. The molecule has 0 aliphatic carbocycles. The standard InChI is InChI=1S/C21H18N8O5S4/c1-9-2-4-11(5-3-9)34-27-12(15-25-20(22)38-28-15)16(30)24-13-17(31)29-14(19(32)33)10(6-35-18(13)29)7-36-21-26-23-8-37-21/h2-5,8,13,18H,6-7H2,1H3,(H,24,30)(H,32,33)(H2,22,25,28)/b27-12-/t13?,18-/m1/s1. The molecule has 17 heteroatoms. The lowest BCUT2D eigenvalue weighted by Gasteiger charge is -2.49. The first-order valence-electron chi connectivity index (χ1n) is 10.8. The van der Waals surface area contributed by atoms with Crippen LogP contribution in [-0.2, 0) is 14.4 Å². The fourth-order valence-electron chi connectivity index (χ4n) is 3.59. The molecular formula is C21H18N8O5S4. The monoisotopic (exact) mass is 590 g/mol. The molecule has 5 rings (SSSR count). The molecule has 2 amide bonds. The van der Waals surface area contributed by atoms with Crippen LogP contribution in [0.5, 0.6) is 5.75 Å². The van der Waals surface area contributed by atoms with Gasteiger partial charge in [0.2, 0.25) is 11.5 Å². The first-order chi connectivity index (χ1) is 18.3. The first kappa shape index (κ1) is 26.1. The third-order valence-electron chi connectivity index (χ3n) is 5.38. The van der Waals surface area contributed by atoms with E-state index < -0.39 is 29.2 Å². The van der Waals surface area contributed by atoms with Crippen LogP contribution in [0.3, 0.4) is 0 Å². The van der Waals surface area contributed by atoms with Crippen molar-refractivity contribution in [2.75, 3.05) is 17.2 Å². The van der Waals surface area contributed by atoms with Crippen molar-refractivity contribution in [2.24, 2.45) is 5.16 Å². The Bertz CT molecular complexity index is 1440. The van der Waals surface area contributed by atoms with E-state index in [1.54, 1.807) is 17.6 Å². The first-order valence-corrected chi connectivity index (χ1v) is 14.5. The predicted octanol–water partition coefficient (Wildman–Crippen LogP) is 1.59. The zero-order chi connectivity index (χ0) is 26.8. The number of carbonyl (C=O) groups is 3. The quantitative estimate of drug-likeness (QED) is 0.142. The number of carboxylic acid groups (broad SMARTS) is 1. The molecule has 1 saturated heterocycles. The van der Waals surface area contributed by atoms with Crippen LogP contribution in [0.15, 0.2) is 50.5 Å². The summed E-state index contributed by atoms with van der Waals surface area (Å²) in [4.78, 5) is 49.0. The smallest absolute Gasteiger partial charge is 0.352 e. The minimum Gasteiger partial charge on any atom is -0.477 e. The van der Waals surface area contributed by atoms with Crippen LogP contribution in [0.4, 0.5) is 5.13 Å². The van der Waals surface area contributed by atoms with E-state index in [1.165, 1.54) is 39.8 Å². The van der Waals surface area contributed by atoms with Crippen molar-refractivity contribution in [3.8, 4) is 5.75 Å². The molecule has 1 unspecified atom stereocenters. The van der Waals surface area contributed by atoms with Gasteiger partial charge in [-0.25, -0.2) is 4.79 Å². The molecule has 1 aromatic carbocycles. The molecule has 4 N–H and O–H groups in total. The van der Waals surface area contributed by atoms with Crippen LogP contribution >= 0.6 is 46.4 Å². The summed E-state index contributed by atoms with van der Waals surface area (Å²) in [7, 11) is 0. The topological polar surface area (TPSA) is 186 Å². The minimum absolute atomic E-state index is 0.0563. The molecule has 196 valence electrons. The summed E-state index contributed by atoms with van der Waals surface area (Å²) in [5, 5.41) is 23.7. The van der Waals surface area contributed by atoms with Gasteiger partial charge in [0.05, 0.1) is 0 Å². The summed E-state index contributed by atoms with van der Waals surface area (Å²) >= 11 is 4.94. The van der Waals surface area contributed by atoms with Gasteiger partial charge in [-0.2, -0.15) is 9.36 Å². The van der Waals surface area contributed by atoms with E-state index in [9.17, 15) is 19.5 Å². The second kappa shape index (κ2) is 11.1. The summed E-state index contributed by atoms with van der Waals surface area (Å²) in [5.41, 5.74) is 8.53. The SMILES string of the molecule is Cc1ccc(O/N=C(\C(=O)NC2C(=O)N3C(C(=O)O)=C(CSc4nncs4)CS[C@H]23)c2nsc(N)n2)cc1. The molecule has 38 heavy (non-hydrogen) atoms. The number of amides is 2. The number of rotatable bonds is 9. The van der Waals surface area contributed by atoms with Gasteiger partial charge in [-0.3, -0.25) is 14.5 Å². The highest BCUT2D eigenvalue weighted by molar-refractivity contribution is 8.01. The number of hydrogen-bond acceptors (Lipinski definition) is 14. The maximum Gasteiger partial charge on any atom is 0.352 e. The van der Waals surface area contributed by atoms with E-state index >= 15 is 0 Å².